The van der Waals surface area contributed by atoms with Crippen molar-refractivity contribution in [3.63, 3.8) is 0 Å². The maximum atomic E-state index is 12.6. The van der Waals surface area contributed by atoms with E-state index in [1.807, 2.05) is 25.7 Å². The zero-order chi connectivity index (χ0) is 25.8. The van der Waals surface area contributed by atoms with E-state index in [0.29, 0.717) is 42.6 Å². The molecule has 1 aliphatic heterocycles. The van der Waals surface area contributed by atoms with E-state index in [0.717, 1.165) is 0 Å². The summed E-state index contributed by atoms with van der Waals surface area (Å²) in [6.07, 6.45) is 1.42. The molecule has 0 bridgehead atoms. The van der Waals surface area contributed by atoms with Crippen LogP contribution in [0.4, 0.5) is 0 Å². The van der Waals surface area contributed by atoms with Gasteiger partial charge >= 0.3 is 0 Å². The number of likely N-dealkylation sites (tertiary alicyclic amines) is 1. The van der Waals surface area contributed by atoms with Crippen molar-refractivity contribution < 1.29 is 22.8 Å². The van der Waals surface area contributed by atoms with Crippen molar-refractivity contribution >= 4 is 27.6 Å². The second kappa shape index (κ2) is 10.7. The van der Waals surface area contributed by atoms with Gasteiger partial charge in [-0.1, -0.05) is 45.0 Å². The summed E-state index contributed by atoms with van der Waals surface area (Å²) in [5.41, 5.74) is 1.23. The van der Waals surface area contributed by atoms with Crippen molar-refractivity contribution in [3.05, 3.63) is 65.2 Å². The molecular formula is C26H33N3O5S. The van der Waals surface area contributed by atoms with Gasteiger partial charge in [0.15, 0.2) is 5.78 Å². The summed E-state index contributed by atoms with van der Waals surface area (Å²) in [5.74, 6) is -0.197. The molecule has 0 aliphatic carbocycles. The number of amides is 2. The highest BCUT2D eigenvalue weighted by atomic mass is 32.2. The van der Waals surface area contributed by atoms with Crippen LogP contribution in [-0.2, 0) is 21.4 Å². The van der Waals surface area contributed by atoms with Crippen LogP contribution in [0, 0.1) is 5.41 Å². The number of sulfonamides is 1. The van der Waals surface area contributed by atoms with Gasteiger partial charge in [0.1, 0.15) is 0 Å². The van der Waals surface area contributed by atoms with E-state index < -0.39 is 15.4 Å². The monoisotopic (exact) mass is 499 g/mol. The van der Waals surface area contributed by atoms with Crippen molar-refractivity contribution in [2.75, 3.05) is 13.1 Å². The van der Waals surface area contributed by atoms with Crippen molar-refractivity contribution in [2.45, 2.75) is 58.0 Å². The molecule has 3 rings (SSSR count). The highest BCUT2D eigenvalue weighted by molar-refractivity contribution is 7.89. The Morgan fingerprint density at radius 1 is 0.914 bits per heavy atom. The van der Waals surface area contributed by atoms with Crippen LogP contribution >= 0.6 is 0 Å². The third kappa shape index (κ3) is 6.99. The molecule has 1 aliphatic rings. The van der Waals surface area contributed by atoms with Gasteiger partial charge in [0, 0.05) is 42.2 Å². The number of ketones is 1. The predicted molar refractivity (Wildman–Crippen MR) is 133 cm³/mol. The molecule has 2 amide bonds. The Balaban J connectivity index is 1.51. The zero-order valence-electron chi connectivity index (χ0n) is 20.6. The van der Waals surface area contributed by atoms with Crippen LogP contribution in [0.2, 0.25) is 0 Å². The lowest BCUT2D eigenvalue weighted by Gasteiger charge is -2.36. The molecule has 9 heteroatoms. The van der Waals surface area contributed by atoms with Crippen LogP contribution in [0.15, 0.2) is 53.4 Å². The van der Waals surface area contributed by atoms with Gasteiger partial charge in [-0.25, -0.2) is 13.1 Å². The summed E-state index contributed by atoms with van der Waals surface area (Å²) < 4.78 is 27.6. The minimum atomic E-state index is -3.74. The second-order valence-electron chi connectivity index (χ2n) is 9.89. The summed E-state index contributed by atoms with van der Waals surface area (Å²) in [6, 6.07) is 12.5. The fraction of sp³-hybridized carbons (Fsp3) is 0.423. The lowest BCUT2D eigenvalue weighted by molar-refractivity contribution is -0.140. The molecule has 2 aromatic rings. The van der Waals surface area contributed by atoms with Crippen LogP contribution in [0.3, 0.4) is 0 Å². The minimum Gasteiger partial charge on any atom is -0.349 e. The molecule has 8 nitrogen and oxygen atoms in total. The normalized spacial score (nSPS) is 15.0. The Hall–Kier alpha value is -3.04. The topological polar surface area (TPSA) is 113 Å². The second-order valence-corrected chi connectivity index (χ2v) is 11.7. The molecule has 0 aromatic heterocycles. The van der Waals surface area contributed by atoms with Gasteiger partial charge in [-0.15, -0.1) is 0 Å². The number of piperidine rings is 1. The van der Waals surface area contributed by atoms with Gasteiger partial charge in [-0.05, 0) is 49.6 Å². The van der Waals surface area contributed by atoms with Gasteiger partial charge in [0.2, 0.25) is 15.9 Å². The summed E-state index contributed by atoms with van der Waals surface area (Å²) in [6.45, 7) is 8.46. The van der Waals surface area contributed by atoms with Crippen LogP contribution < -0.4 is 10.0 Å². The first-order valence-corrected chi connectivity index (χ1v) is 13.1. The first-order valence-electron chi connectivity index (χ1n) is 11.7. The van der Waals surface area contributed by atoms with E-state index in [2.05, 4.69) is 10.0 Å². The largest absolute Gasteiger partial charge is 0.349 e. The molecule has 1 saturated heterocycles. The molecule has 0 radical (unpaired) electrons. The highest BCUT2D eigenvalue weighted by Crippen LogP contribution is 2.21. The summed E-state index contributed by atoms with van der Waals surface area (Å²) >= 11 is 0. The van der Waals surface area contributed by atoms with Gasteiger partial charge < -0.3 is 10.2 Å². The number of carbonyl (C=O) groups is 3. The maximum Gasteiger partial charge on any atom is 0.251 e. The Morgan fingerprint density at radius 2 is 1.46 bits per heavy atom. The lowest BCUT2D eigenvalue weighted by Crippen LogP contribution is -2.49. The average molecular weight is 500 g/mol. The van der Waals surface area contributed by atoms with Crippen LogP contribution in [0.5, 0.6) is 0 Å². The fourth-order valence-corrected chi connectivity index (χ4v) is 4.89. The third-order valence-electron chi connectivity index (χ3n) is 6.01. The molecule has 0 saturated carbocycles. The standard InChI is InChI=1S/C26H33N3O5S/c1-18(30)20-9-11-23(12-10-20)35(33,34)27-17-19-5-7-21(8-6-19)24(31)28-22-13-15-29(16-14-22)25(32)26(2,3)4/h5-12,22,27H,13-17H2,1-4H3,(H,28,31). The number of nitrogens with zero attached hydrogens (tertiary/aromatic N) is 1. The molecule has 2 aromatic carbocycles. The molecule has 1 fully saturated rings. The van der Waals surface area contributed by atoms with Crippen LogP contribution in [0.1, 0.15) is 66.8 Å². The van der Waals surface area contributed by atoms with E-state index in [9.17, 15) is 22.8 Å². The van der Waals surface area contributed by atoms with Gasteiger partial charge in [0.05, 0.1) is 4.90 Å². The van der Waals surface area contributed by atoms with E-state index >= 15 is 0 Å². The van der Waals surface area contributed by atoms with Crippen LogP contribution in [0.25, 0.3) is 0 Å². The Kier molecular flexibility index (Phi) is 8.12. The maximum absolute atomic E-state index is 12.6. The number of carbonyl (C=O) groups excluding carboxylic acids is 3. The molecule has 188 valence electrons. The van der Waals surface area contributed by atoms with E-state index in [1.165, 1.54) is 31.2 Å². The molecule has 35 heavy (non-hydrogen) atoms. The number of Topliss-reactive ketones (excluding diaryl/α,β-unsaturated/α-hetero) is 1. The molecule has 0 atom stereocenters. The van der Waals surface area contributed by atoms with Crippen molar-refractivity contribution in [1.82, 2.24) is 14.9 Å². The first-order chi connectivity index (χ1) is 16.4. The Morgan fingerprint density at radius 3 is 1.97 bits per heavy atom. The minimum absolute atomic E-state index is 0.00685. The van der Waals surface area contributed by atoms with Crippen molar-refractivity contribution in [2.24, 2.45) is 5.41 Å². The summed E-state index contributed by atoms with van der Waals surface area (Å²) in [7, 11) is -3.74. The number of hydrogen-bond acceptors (Lipinski definition) is 5. The van der Waals surface area contributed by atoms with Gasteiger partial charge in [0.25, 0.3) is 5.91 Å². The molecule has 1 heterocycles. The molecule has 2 N–H and O–H groups in total. The smallest absolute Gasteiger partial charge is 0.251 e. The third-order valence-corrected chi connectivity index (χ3v) is 7.43. The number of hydrogen-bond donors (Lipinski definition) is 2. The lowest BCUT2D eigenvalue weighted by atomic mass is 9.93. The summed E-state index contributed by atoms with van der Waals surface area (Å²) in [4.78, 5) is 38.4. The first kappa shape index (κ1) is 26.6. The van der Waals surface area contributed by atoms with Gasteiger partial charge in [-0.3, -0.25) is 14.4 Å². The summed E-state index contributed by atoms with van der Waals surface area (Å²) in [5, 5.41) is 3.03. The van der Waals surface area contributed by atoms with E-state index in [4.69, 9.17) is 0 Å². The van der Waals surface area contributed by atoms with Crippen molar-refractivity contribution in [3.8, 4) is 0 Å². The molecular weight excluding hydrogens is 466 g/mol. The Bertz CT molecular complexity index is 1170. The number of nitrogens with one attached hydrogen (secondary N) is 2. The zero-order valence-corrected chi connectivity index (χ0v) is 21.4. The number of rotatable bonds is 7. The van der Waals surface area contributed by atoms with E-state index in [1.54, 1.807) is 24.3 Å². The van der Waals surface area contributed by atoms with E-state index in [-0.39, 0.29) is 35.1 Å². The van der Waals surface area contributed by atoms with Crippen LogP contribution in [-0.4, -0.2) is 50.0 Å². The molecule has 0 unspecified atom stereocenters. The molecule has 0 spiro atoms. The van der Waals surface area contributed by atoms with Gasteiger partial charge in [-0.2, -0.15) is 0 Å². The fourth-order valence-electron chi connectivity index (χ4n) is 3.87. The highest BCUT2D eigenvalue weighted by Gasteiger charge is 2.30. The average Bonchev–Trinajstić information content (AvgIpc) is 2.82. The quantitative estimate of drug-likeness (QED) is 0.569. The SMILES string of the molecule is CC(=O)c1ccc(S(=O)(=O)NCc2ccc(C(=O)NC3CCN(C(=O)C(C)(C)C)CC3)cc2)cc1. The van der Waals surface area contributed by atoms with Crippen molar-refractivity contribution in [1.29, 1.82) is 0 Å². The Labute approximate surface area is 207 Å². The predicted octanol–water partition coefficient (Wildman–Crippen LogP) is 3.13. The number of benzene rings is 2.